The van der Waals surface area contributed by atoms with Crippen LogP contribution in [0.25, 0.3) is 11.3 Å². The van der Waals surface area contributed by atoms with Gasteiger partial charge >= 0.3 is 0 Å². The Kier molecular flexibility index (Phi) is 4.07. The van der Waals surface area contributed by atoms with Gasteiger partial charge in [0.1, 0.15) is 11.5 Å². The number of benzene rings is 1. The van der Waals surface area contributed by atoms with Crippen molar-refractivity contribution in [3.8, 4) is 11.3 Å². The fraction of sp³-hybridized carbons (Fsp3) is 0.231. The van der Waals surface area contributed by atoms with Crippen molar-refractivity contribution in [3.63, 3.8) is 0 Å². The maximum absolute atomic E-state index is 5.84. The highest BCUT2D eigenvalue weighted by Gasteiger charge is 2.12. The molecule has 4 heteroatoms. The second kappa shape index (κ2) is 5.38. The topological polar surface area (TPSA) is 25.2 Å². The predicted octanol–water partition coefficient (Wildman–Crippen LogP) is 4.75. The predicted molar refractivity (Wildman–Crippen MR) is 77.0 cm³/mol. The van der Waals surface area contributed by atoms with E-state index in [-0.39, 0.29) is 6.04 Å². The molecule has 0 aliphatic rings. The maximum Gasteiger partial charge on any atom is 0.135 e. The molecular weight excluding hydrogens is 346 g/mol. The zero-order valence-corrected chi connectivity index (χ0v) is 12.8. The van der Waals surface area contributed by atoms with Crippen LogP contribution in [-0.4, -0.2) is 7.05 Å². The fourth-order valence-electron chi connectivity index (χ4n) is 1.56. The van der Waals surface area contributed by atoms with Crippen LogP contribution in [0.3, 0.4) is 0 Å². The number of nitrogens with one attached hydrogen (secondary N) is 1. The molecule has 1 atom stereocenters. The molecule has 0 saturated heterocycles. The third-order valence-electron chi connectivity index (χ3n) is 2.68. The standard InChI is InChI=1S/C13H13Br2NO/c1-8(16-2)12-5-6-13(17-12)10-7-9(14)3-4-11(10)15/h3-8,16H,1-2H3. The monoisotopic (exact) mass is 357 g/mol. The molecule has 0 aliphatic heterocycles. The minimum absolute atomic E-state index is 0.217. The zero-order chi connectivity index (χ0) is 12.4. The molecule has 0 spiro atoms. The van der Waals surface area contributed by atoms with Crippen LogP contribution in [-0.2, 0) is 0 Å². The molecule has 0 amide bonds. The van der Waals surface area contributed by atoms with Gasteiger partial charge in [0.25, 0.3) is 0 Å². The van der Waals surface area contributed by atoms with E-state index < -0.39 is 0 Å². The number of hydrogen-bond acceptors (Lipinski definition) is 2. The van der Waals surface area contributed by atoms with Gasteiger partial charge in [-0.2, -0.15) is 0 Å². The number of furan rings is 1. The Hall–Kier alpha value is -0.580. The quantitative estimate of drug-likeness (QED) is 0.856. The zero-order valence-electron chi connectivity index (χ0n) is 9.63. The fourth-order valence-corrected chi connectivity index (χ4v) is 2.36. The normalized spacial score (nSPS) is 12.7. The third-order valence-corrected chi connectivity index (χ3v) is 3.87. The van der Waals surface area contributed by atoms with Gasteiger partial charge in [-0.05, 0) is 44.3 Å². The molecule has 2 aromatic rings. The number of halogens is 2. The highest BCUT2D eigenvalue weighted by atomic mass is 79.9. The Morgan fingerprint density at radius 2 is 1.94 bits per heavy atom. The summed E-state index contributed by atoms with van der Waals surface area (Å²) in [6.45, 7) is 2.07. The third kappa shape index (κ3) is 2.81. The highest BCUT2D eigenvalue weighted by molar-refractivity contribution is 9.11. The van der Waals surface area contributed by atoms with Gasteiger partial charge in [0.15, 0.2) is 0 Å². The van der Waals surface area contributed by atoms with E-state index in [1.807, 2.05) is 37.4 Å². The summed E-state index contributed by atoms with van der Waals surface area (Å²) in [6.07, 6.45) is 0. The average Bonchev–Trinajstić information content (AvgIpc) is 2.80. The number of rotatable bonds is 3. The summed E-state index contributed by atoms with van der Waals surface area (Å²) in [7, 11) is 1.92. The van der Waals surface area contributed by atoms with Gasteiger partial charge in [0.2, 0.25) is 0 Å². The smallest absolute Gasteiger partial charge is 0.135 e. The van der Waals surface area contributed by atoms with Crippen molar-refractivity contribution >= 4 is 31.9 Å². The summed E-state index contributed by atoms with van der Waals surface area (Å²) in [4.78, 5) is 0. The molecular formula is C13H13Br2NO. The summed E-state index contributed by atoms with van der Waals surface area (Å²) in [6, 6.07) is 10.3. The van der Waals surface area contributed by atoms with Crippen molar-refractivity contribution in [3.05, 3.63) is 45.0 Å². The molecule has 2 rings (SSSR count). The lowest BCUT2D eigenvalue weighted by Crippen LogP contribution is -2.10. The van der Waals surface area contributed by atoms with Gasteiger partial charge in [-0.25, -0.2) is 0 Å². The van der Waals surface area contributed by atoms with Crippen LogP contribution in [0.2, 0.25) is 0 Å². The lowest BCUT2D eigenvalue weighted by molar-refractivity contribution is 0.458. The molecule has 0 bridgehead atoms. The van der Waals surface area contributed by atoms with Gasteiger partial charge in [-0.15, -0.1) is 0 Å². The molecule has 2 nitrogen and oxygen atoms in total. The SMILES string of the molecule is CNC(C)c1ccc(-c2cc(Br)ccc2Br)o1. The first-order valence-electron chi connectivity index (χ1n) is 5.34. The van der Waals surface area contributed by atoms with Gasteiger partial charge in [0.05, 0.1) is 6.04 Å². The molecule has 1 aromatic heterocycles. The summed E-state index contributed by atoms with van der Waals surface area (Å²) in [5.41, 5.74) is 1.05. The van der Waals surface area contributed by atoms with E-state index in [0.717, 1.165) is 26.0 Å². The van der Waals surface area contributed by atoms with Crippen LogP contribution in [0.1, 0.15) is 18.7 Å². The molecule has 90 valence electrons. The Labute approximate surface area is 118 Å². The second-order valence-electron chi connectivity index (χ2n) is 3.84. The van der Waals surface area contributed by atoms with Gasteiger partial charge in [-0.3, -0.25) is 0 Å². The largest absolute Gasteiger partial charge is 0.459 e. The van der Waals surface area contributed by atoms with Crippen LogP contribution in [0, 0.1) is 0 Å². The van der Waals surface area contributed by atoms with Crippen LogP contribution >= 0.6 is 31.9 Å². The molecule has 1 aromatic carbocycles. The van der Waals surface area contributed by atoms with E-state index in [0.29, 0.717) is 0 Å². The van der Waals surface area contributed by atoms with Crippen molar-refractivity contribution in [1.29, 1.82) is 0 Å². The van der Waals surface area contributed by atoms with Crippen LogP contribution in [0.4, 0.5) is 0 Å². The Morgan fingerprint density at radius 1 is 1.18 bits per heavy atom. The van der Waals surface area contributed by atoms with E-state index in [1.54, 1.807) is 0 Å². The van der Waals surface area contributed by atoms with Gasteiger partial charge in [-0.1, -0.05) is 31.9 Å². The van der Waals surface area contributed by atoms with E-state index in [4.69, 9.17) is 4.42 Å². The van der Waals surface area contributed by atoms with Crippen molar-refractivity contribution in [2.75, 3.05) is 7.05 Å². The molecule has 0 aliphatic carbocycles. The molecule has 1 unspecified atom stereocenters. The average molecular weight is 359 g/mol. The minimum Gasteiger partial charge on any atom is -0.459 e. The molecule has 1 N–H and O–H groups in total. The van der Waals surface area contributed by atoms with Gasteiger partial charge < -0.3 is 9.73 Å². The summed E-state index contributed by atoms with van der Waals surface area (Å²) in [5, 5.41) is 3.16. The molecule has 0 radical (unpaired) electrons. The first-order valence-corrected chi connectivity index (χ1v) is 6.93. The van der Waals surface area contributed by atoms with Crippen LogP contribution in [0.5, 0.6) is 0 Å². The second-order valence-corrected chi connectivity index (χ2v) is 5.61. The molecule has 17 heavy (non-hydrogen) atoms. The first-order chi connectivity index (χ1) is 8.11. The van der Waals surface area contributed by atoms with E-state index in [9.17, 15) is 0 Å². The van der Waals surface area contributed by atoms with E-state index in [1.165, 1.54) is 0 Å². The Bertz CT molecular complexity index is 522. The summed E-state index contributed by atoms with van der Waals surface area (Å²) in [5.74, 6) is 1.81. The first kappa shape index (κ1) is 12.9. The molecule has 0 fully saturated rings. The van der Waals surface area contributed by atoms with Gasteiger partial charge in [0, 0.05) is 14.5 Å². The van der Waals surface area contributed by atoms with Crippen LogP contribution < -0.4 is 5.32 Å². The molecule has 1 heterocycles. The lowest BCUT2D eigenvalue weighted by atomic mass is 10.2. The number of hydrogen-bond donors (Lipinski definition) is 1. The Morgan fingerprint density at radius 3 is 2.65 bits per heavy atom. The summed E-state index contributed by atoms with van der Waals surface area (Å²) < 4.78 is 7.91. The van der Waals surface area contributed by atoms with Crippen molar-refractivity contribution in [2.24, 2.45) is 0 Å². The van der Waals surface area contributed by atoms with E-state index >= 15 is 0 Å². The minimum atomic E-state index is 0.217. The lowest BCUT2D eigenvalue weighted by Gasteiger charge is -2.06. The highest BCUT2D eigenvalue weighted by Crippen LogP contribution is 2.33. The molecule has 0 saturated carbocycles. The maximum atomic E-state index is 5.84. The van der Waals surface area contributed by atoms with Crippen molar-refractivity contribution in [2.45, 2.75) is 13.0 Å². The van der Waals surface area contributed by atoms with E-state index in [2.05, 4.69) is 44.1 Å². The van der Waals surface area contributed by atoms with Crippen LogP contribution in [0.15, 0.2) is 43.7 Å². The van der Waals surface area contributed by atoms with Crippen molar-refractivity contribution in [1.82, 2.24) is 5.32 Å². The summed E-state index contributed by atoms with van der Waals surface area (Å²) >= 11 is 7.00. The Balaban J connectivity index is 2.40. The van der Waals surface area contributed by atoms with Crippen molar-refractivity contribution < 1.29 is 4.42 Å².